The molecule has 0 radical (unpaired) electrons. The molecule has 1 aromatic heterocycles. The van der Waals surface area contributed by atoms with Crippen LogP contribution in [0.3, 0.4) is 0 Å². The van der Waals surface area contributed by atoms with Gasteiger partial charge in [0.25, 0.3) is 5.91 Å². The molecule has 1 amide bonds. The van der Waals surface area contributed by atoms with Gasteiger partial charge in [-0.15, -0.1) is 11.8 Å². The van der Waals surface area contributed by atoms with Crippen LogP contribution >= 0.6 is 23.4 Å². The van der Waals surface area contributed by atoms with Gasteiger partial charge in [-0.25, -0.2) is 4.98 Å². The first kappa shape index (κ1) is 13.9. The molecule has 0 unspecified atom stereocenters. The normalized spacial score (nSPS) is 10.2. The Morgan fingerprint density at radius 3 is 2.58 bits per heavy atom. The highest BCUT2D eigenvalue weighted by atomic mass is 35.5. The van der Waals surface area contributed by atoms with Gasteiger partial charge < -0.3 is 5.32 Å². The van der Waals surface area contributed by atoms with Gasteiger partial charge in [0.15, 0.2) is 0 Å². The van der Waals surface area contributed by atoms with Crippen LogP contribution in [0.15, 0.2) is 47.5 Å². The molecule has 5 heteroatoms. The second-order valence-electron chi connectivity index (χ2n) is 3.90. The van der Waals surface area contributed by atoms with Gasteiger partial charge in [0.1, 0.15) is 5.15 Å². The third-order valence-corrected chi connectivity index (χ3v) is 3.57. The molecule has 0 saturated heterocycles. The van der Waals surface area contributed by atoms with Crippen molar-refractivity contribution in [1.29, 1.82) is 0 Å². The van der Waals surface area contributed by atoms with Crippen LogP contribution in [0.25, 0.3) is 0 Å². The topological polar surface area (TPSA) is 42.0 Å². The minimum absolute atomic E-state index is 0.155. The number of nitrogens with zero attached hydrogens (tertiary/aromatic N) is 1. The third kappa shape index (κ3) is 3.98. The summed E-state index contributed by atoms with van der Waals surface area (Å²) in [7, 11) is 0. The summed E-state index contributed by atoms with van der Waals surface area (Å²) in [6.45, 7) is 0.496. The van der Waals surface area contributed by atoms with E-state index in [-0.39, 0.29) is 5.91 Å². The number of hydrogen-bond donors (Lipinski definition) is 1. The SMILES string of the molecule is CSc1ccc(CNC(=O)c2ccc(Cl)nc2)cc1. The number of hydrogen-bond acceptors (Lipinski definition) is 3. The molecule has 2 aromatic rings. The molecule has 1 N–H and O–H groups in total. The Bertz CT molecular complexity index is 555. The Morgan fingerprint density at radius 1 is 1.26 bits per heavy atom. The van der Waals surface area contributed by atoms with Crippen molar-refractivity contribution in [3.63, 3.8) is 0 Å². The minimum Gasteiger partial charge on any atom is -0.348 e. The summed E-state index contributed by atoms with van der Waals surface area (Å²) in [5.74, 6) is -0.155. The van der Waals surface area contributed by atoms with Gasteiger partial charge in [0, 0.05) is 17.6 Å². The molecule has 98 valence electrons. The van der Waals surface area contributed by atoms with E-state index in [1.807, 2.05) is 30.5 Å². The van der Waals surface area contributed by atoms with E-state index in [2.05, 4.69) is 10.3 Å². The highest BCUT2D eigenvalue weighted by Crippen LogP contribution is 2.14. The van der Waals surface area contributed by atoms with Crippen molar-refractivity contribution in [2.24, 2.45) is 0 Å². The number of benzene rings is 1. The number of pyridine rings is 1. The Kier molecular flexibility index (Phi) is 4.82. The van der Waals surface area contributed by atoms with Gasteiger partial charge in [-0.05, 0) is 36.1 Å². The maximum Gasteiger partial charge on any atom is 0.253 e. The first-order valence-electron chi connectivity index (χ1n) is 5.72. The van der Waals surface area contributed by atoms with Gasteiger partial charge >= 0.3 is 0 Å². The van der Waals surface area contributed by atoms with Crippen molar-refractivity contribution in [2.75, 3.05) is 6.26 Å². The molecule has 19 heavy (non-hydrogen) atoms. The van der Waals surface area contributed by atoms with Gasteiger partial charge in [-0.1, -0.05) is 23.7 Å². The fourth-order valence-electron chi connectivity index (χ4n) is 1.54. The second-order valence-corrected chi connectivity index (χ2v) is 5.17. The standard InChI is InChI=1S/C14H13ClN2OS/c1-19-12-5-2-10(3-6-12)8-17-14(18)11-4-7-13(15)16-9-11/h2-7,9H,8H2,1H3,(H,17,18). The van der Waals surface area contributed by atoms with Crippen molar-refractivity contribution >= 4 is 29.3 Å². The third-order valence-electron chi connectivity index (χ3n) is 2.60. The van der Waals surface area contributed by atoms with Crippen LogP contribution in [0.1, 0.15) is 15.9 Å². The fourth-order valence-corrected chi connectivity index (χ4v) is 2.06. The van der Waals surface area contributed by atoms with E-state index >= 15 is 0 Å². The van der Waals surface area contributed by atoms with E-state index in [0.717, 1.165) is 5.56 Å². The molecule has 2 rings (SSSR count). The van der Waals surface area contributed by atoms with Crippen LogP contribution in [0.2, 0.25) is 5.15 Å². The van der Waals surface area contributed by atoms with Crippen molar-refractivity contribution in [1.82, 2.24) is 10.3 Å². The van der Waals surface area contributed by atoms with Crippen LogP contribution < -0.4 is 5.32 Å². The zero-order valence-electron chi connectivity index (χ0n) is 10.4. The Labute approximate surface area is 121 Å². The molecule has 0 fully saturated rings. The zero-order valence-corrected chi connectivity index (χ0v) is 12.0. The average Bonchev–Trinajstić information content (AvgIpc) is 2.46. The highest BCUT2D eigenvalue weighted by Gasteiger charge is 2.05. The summed E-state index contributed by atoms with van der Waals surface area (Å²) in [5, 5.41) is 3.22. The molecule has 0 spiro atoms. The van der Waals surface area contributed by atoms with Gasteiger partial charge in [0.05, 0.1) is 5.56 Å². The van der Waals surface area contributed by atoms with Crippen LogP contribution in [0.4, 0.5) is 0 Å². The molecule has 0 aliphatic rings. The summed E-state index contributed by atoms with van der Waals surface area (Å²) >= 11 is 7.37. The lowest BCUT2D eigenvalue weighted by Crippen LogP contribution is -2.22. The highest BCUT2D eigenvalue weighted by molar-refractivity contribution is 7.98. The number of halogens is 1. The number of carbonyl (C=O) groups is 1. The monoisotopic (exact) mass is 292 g/mol. The first-order valence-corrected chi connectivity index (χ1v) is 7.32. The molecular formula is C14H13ClN2OS. The molecule has 0 aliphatic heterocycles. The van der Waals surface area contributed by atoms with E-state index in [0.29, 0.717) is 17.3 Å². The number of carbonyl (C=O) groups excluding carboxylic acids is 1. The smallest absolute Gasteiger partial charge is 0.253 e. The molecule has 1 heterocycles. The molecule has 0 bridgehead atoms. The maximum atomic E-state index is 11.9. The largest absolute Gasteiger partial charge is 0.348 e. The van der Waals surface area contributed by atoms with Crippen molar-refractivity contribution < 1.29 is 4.79 Å². The zero-order chi connectivity index (χ0) is 13.7. The number of nitrogens with one attached hydrogen (secondary N) is 1. The predicted molar refractivity (Wildman–Crippen MR) is 78.6 cm³/mol. The number of thioether (sulfide) groups is 1. The van der Waals surface area contributed by atoms with E-state index in [1.165, 1.54) is 11.1 Å². The summed E-state index contributed by atoms with van der Waals surface area (Å²) < 4.78 is 0. The quantitative estimate of drug-likeness (QED) is 0.694. The average molecular weight is 293 g/mol. The van der Waals surface area contributed by atoms with E-state index in [9.17, 15) is 4.79 Å². The lowest BCUT2D eigenvalue weighted by Gasteiger charge is -2.06. The van der Waals surface area contributed by atoms with Gasteiger partial charge in [-0.3, -0.25) is 4.79 Å². The predicted octanol–water partition coefficient (Wildman–Crippen LogP) is 3.39. The van der Waals surface area contributed by atoms with Gasteiger partial charge in [-0.2, -0.15) is 0 Å². The van der Waals surface area contributed by atoms with Crippen molar-refractivity contribution in [3.05, 3.63) is 58.9 Å². The molecule has 0 aliphatic carbocycles. The lowest BCUT2D eigenvalue weighted by molar-refractivity contribution is 0.0950. The summed E-state index contributed by atoms with van der Waals surface area (Å²) in [4.78, 5) is 16.9. The Hall–Kier alpha value is -1.52. The lowest BCUT2D eigenvalue weighted by atomic mass is 10.2. The van der Waals surface area contributed by atoms with E-state index in [1.54, 1.807) is 23.9 Å². The van der Waals surface area contributed by atoms with Crippen molar-refractivity contribution in [3.8, 4) is 0 Å². The first-order chi connectivity index (χ1) is 9.19. The molecule has 0 saturated carbocycles. The van der Waals surface area contributed by atoms with Crippen LogP contribution in [0, 0.1) is 0 Å². The Balaban J connectivity index is 1.94. The van der Waals surface area contributed by atoms with Crippen molar-refractivity contribution in [2.45, 2.75) is 11.4 Å². The van der Waals surface area contributed by atoms with E-state index < -0.39 is 0 Å². The molecule has 3 nitrogen and oxygen atoms in total. The van der Waals surface area contributed by atoms with Crippen LogP contribution in [0.5, 0.6) is 0 Å². The maximum absolute atomic E-state index is 11.9. The van der Waals surface area contributed by atoms with Crippen LogP contribution in [-0.4, -0.2) is 17.1 Å². The van der Waals surface area contributed by atoms with Crippen LogP contribution in [-0.2, 0) is 6.54 Å². The van der Waals surface area contributed by atoms with E-state index in [4.69, 9.17) is 11.6 Å². The molecule has 1 aromatic carbocycles. The number of rotatable bonds is 4. The molecular weight excluding hydrogens is 280 g/mol. The Morgan fingerprint density at radius 2 is 2.00 bits per heavy atom. The summed E-state index contributed by atoms with van der Waals surface area (Å²) in [6, 6.07) is 11.3. The number of aromatic nitrogens is 1. The second kappa shape index (κ2) is 6.59. The fraction of sp³-hybridized carbons (Fsp3) is 0.143. The summed E-state index contributed by atoms with van der Waals surface area (Å²) in [6.07, 6.45) is 3.50. The summed E-state index contributed by atoms with van der Waals surface area (Å²) in [5.41, 5.74) is 1.57. The van der Waals surface area contributed by atoms with Gasteiger partial charge in [0.2, 0.25) is 0 Å². The number of amides is 1. The molecule has 0 atom stereocenters. The minimum atomic E-state index is -0.155.